The van der Waals surface area contributed by atoms with Crippen molar-refractivity contribution < 1.29 is 14.3 Å². The molecule has 0 aromatic heterocycles. The first-order chi connectivity index (χ1) is 13.8. The lowest BCUT2D eigenvalue weighted by Gasteiger charge is -2.14. The first-order valence-corrected chi connectivity index (χ1v) is 10.5. The number of carbonyl (C=O) groups excluding carboxylic acids is 2. The molecule has 0 radical (unpaired) electrons. The van der Waals surface area contributed by atoms with Crippen LogP contribution >= 0.6 is 28.1 Å². The number of halogens is 1. The molecule has 3 N–H and O–H groups in total. The summed E-state index contributed by atoms with van der Waals surface area (Å²) in [4.78, 5) is 24.9. The number of nitrogens with one attached hydrogen (secondary N) is 3. The first kappa shape index (κ1) is 22.8. The normalized spacial score (nSPS) is 11.3. The van der Waals surface area contributed by atoms with Crippen LogP contribution in [0.3, 0.4) is 0 Å². The van der Waals surface area contributed by atoms with Gasteiger partial charge in [0, 0.05) is 21.8 Å². The molecule has 0 heterocycles. The molecule has 1 atom stereocenters. The third-order valence-electron chi connectivity index (χ3n) is 4.09. The average Bonchev–Trinajstić information content (AvgIpc) is 2.69. The molecule has 2 rings (SSSR count). The highest BCUT2D eigenvalue weighted by Crippen LogP contribution is 2.23. The zero-order chi connectivity index (χ0) is 21.4. The van der Waals surface area contributed by atoms with Crippen LogP contribution in [0.15, 0.2) is 46.9 Å². The molecule has 0 aliphatic heterocycles. The predicted octanol–water partition coefficient (Wildman–Crippen LogP) is 4.50. The Balaban J connectivity index is 2.06. The summed E-state index contributed by atoms with van der Waals surface area (Å²) in [6.45, 7) is 6.24. The van der Waals surface area contributed by atoms with Gasteiger partial charge in [-0.1, -0.05) is 28.9 Å². The number of amides is 2. The highest BCUT2D eigenvalue weighted by molar-refractivity contribution is 9.10. The lowest BCUT2D eigenvalue weighted by molar-refractivity contribution is 0.0937. The van der Waals surface area contributed by atoms with E-state index in [1.165, 1.54) is 0 Å². The average molecular weight is 478 g/mol. The second-order valence-electron chi connectivity index (χ2n) is 6.35. The zero-order valence-corrected chi connectivity index (χ0v) is 18.9. The maximum Gasteiger partial charge on any atom is 0.261 e. The van der Waals surface area contributed by atoms with Crippen molar-refractivity contribution in [2.24, 2.45) is 0 Å². The molecule has 1 unspecified atom stereocenters. The van der Waals surface area contributed by atoms with Crippen LogP contribution in [0, 0.1) is 0 Å². The quantitative estimate of drug-likeness (QED) is 0.511. The molecular weight excluding hydrogens is 454 g/mol. The van der Waals surface area contributed by atoms with Crippen LogP contribution in [-0.2, 0) is 0 Å². The Hall–Kier alpha value is -2.45. The summed E-state index contributed by atoms with van der Waals surface area (Å²) < 4.78 is 6.26. The number of hydrogen-bond donors (Lipinski definition) is 3. The number of ether oxygens (including phenoxy) is 1. The molecular formula is C21H24BrN3O3S. The van der Waals surface area contributed by atoms with Gasteiger partial charge in [-0.3, -0.25) is 14.9 Å². The molecule has 8 heteroatoms. The lowest BCUT2D eigenvalue weighted by Crippen LogP contribution is -2.34. The van der Waals surface area contributed by atoms with Gasteiger partial charge in [0.15, 0.2) is 5.11 Å². The predicted molar refractivity (Wildman–Crippen MR) is 123 cm³/mol. The summed E-state index contributed by atoms with van der Waals surface area (Å²) in [7, 11) is 0. The SMILES string of the molecule is CCOc1ccc(Br)cc1C(=O)NC(=S)Nc1cccc(C(=O)NC(C)CC)c1. The Labute approximate surface area is 184 Å². The largest absolute Gasteiger partial charge is 0.493 e. The van der Waals surface area contributed by atoms with Gasteiger partial charge in [0.1, 0.15) is 5.75 Å². The number of thiocarbonyl (C=S) groups is 1. The molecule has 0 aliphatic rings. The molecule has 0 saturated carbocycles. The van der Waals surface area contributed by atoms with Crippen molar-refractivity contribution in [3.8, 4) is 5.75 Å². The molecule has 2 amide bonds. The summed E-state index contributed by atoms with van der Waals surface area (Å²) in [5, 5.41) is 8.62. The Bertz CT molecular complexity index is 904. The zero-order valence-electron chi connectivity index (χ0n) is 16.5. The highest BCUT2D eigenvalue weighted by Gasteiger charge is 2.15. The van der Waals surface area contributed by atoms with Crippen molar-refractivity contribution >= 4 is 50.8 Å². The Morgan fingerprint density at radius 2 is 1.90 bits per heavy atom. The molecule has 154 valence electrons. The maximum absolute atomic E-state index is 12.6. The van der Waals surface area contributed by atoms with Crippen molar-refractivity contribution in [3.05, 3.63) is 58.1 Å². The van der Waals surface area contributed by atoms with Gasteiger partial charge in [-0.05, 0) is 68.9 Å². The van der Waals surface area contributed by atoms with Gasteiger partial charge in [-0.2, -0.15) is 0 Å². The number of rotatable bonds is 7. The maximum atomic E-state index is 12.6. The summed E-state index contributed by atoms with van der Waals surface area (Å²) in [6.07, 6.45) is 0.846. The molecule has 0 aliphatic carbocycles. The number of carbonyl (C=O) groups is 2. The van der Waals surface area contributed by atoms with E-state index in [2.05, 4.69) is 31.9 Å². The van der Waals surface area contributed by atoms with Gasteiger partial charge in [-0.25, -0.2) is 0 Å². The molecule has 29 heavy (non-hydrogen) atoms. The fraction of sp³-hybridized carbons (Fsp3) is 0.286. The fourth-order valence-corrected chi connectivity index (χ4v) is 3.01. The van der Waals surface area contributed by atoms with E-state index >= 15 is 0 Å². The van der Waals surface area contributed by atoms with Crippen LogP contribution in [0.2, 0.25) is 0 Å². The number of hydrogen-bond acceptors (Lipinski definition) is 4. The van der Waals surface area contributed by atoms with Crippen LogP contribution in [0.5, 0.6) is 5.75 Å². The standard InChI is InChI=1S/C21H24BrN3O3S/c1-4-13(3)23-19(26)14-7-6-8-16(11-14)24-21(29)25-20(27)17-12-15(22)9-10-18(17)28-5-2/h6-13H,4-5H2,1-3H3,(H,23,26)(H2,24,25,27,29). The van der Waals surface area contributed by atoms with Crippen LogP contribution in [0.25, 0.3) is 0 Å². The van der Waals surface area contributed by atoms with E-state index in [-0.39, 0.29) is 17.1 Å². The summed E-state index contributed by atoms with van der Waals surface area (Å²) in [5.74, 6) is -0.0777. The molecule has 2 aromatic rings. The van der Waals surface area contributed by atoms with Gasteiger partial charge in [-0.15, -0.1) is 0 Å². The van der Waals surface area contributed by atoms with Crippen LogP contribution in [-0.4, -0.2) is 29.6 Å². The van der Waals surface area contributed by atoms with E-state index in [0.29, 0.717) is 29.2 Å². The van der Waals surface area contributed by atoms with E-state index in [1.54, 1.807) is 42.5 Å². The molecule has 0 fully saturated rings. The summed E-state index contributed by atoms with van der Waals surface area (Å²) in [6, 6.07) is 12.2. The van der Waals surface area contributed by atoms with Gasteiger partial charge < -0.3 is 15.4 Å². The molecule has 0 spiro atoms. The Morgan fingerprint density at radius 3 is 2.59 bits per heavy atom. The minimum atomic E-state index is -0.391. The van der Waals surface area contributed by atoms with Crippen LogP contribution in [0.4, 0.5) is 5.69 Å². The molecule has 0 saturated heterocycles. The lowest BCUT2D eigenvalue weighted by atomic mass is 10.1. The van der Waals surface area contributed by atoms with E-state index in [9.17, 15) is 9.59 Å². The molecule has 2 aromatic carbocycles. The van der Waals surface area contributed by atoms with Crippen molar-refractivity contribution in [1.29, 1.82) is 0 Å². The van der Waals surface area contributed by atoms with Gasteiger partial charge in [0.05, 0.1) is 12.2 Å². The van der Waals surface area contributed by atoms with E-state index in [0.717, 1.165) is 10.9 Å². The fourth-order valence-electron chi connectivity index (χ4n) is 2.44. The van der Waals surface area contributed by atoms with E-state index in [4.69, 9.17) is 17.0 Å². The summed E-state index contributed by atoms with van der Waals surface area (Å²) in [5.41, 5.74) is 1.48. The van der Waals surface area contributed by atoms with E-state index < -0.39 is 5.91 Å². The third kappa shape index (κ3) is 6.83. The summed E-state index contributed by atoms with van der Waals surface area (Å²) >= 11 is 8.61. The minimum absolute atomic E-state index is 0.0872. The Morgan fingerprint density at radius 1 is 1.14 bits per heavy atom. The van der Waals surface area contributed by atoms with Crippen molar-refractivity contribution in [2.75, 3.05) is 11.9 Å². The topological polar surface area (TPSA) is 79.5 Å². The highest BCUT2D eigenvalue weighted by atomic mass is 79.9. The minimum Gasteiger partial charge on any atom is -0.493 e. The van der Waals surface area contributed by atoms with Crippen molar-refractivity contribution in [3.63, 3.8) is 0 Å². The van der Waals surface area contributed by atoms with Gasteiger partial charge in [0.2, 0.25) is 0 Å². The van der Waals surface area contributed by atoms with Crippen LogP contribution in [0.1, 0.15) is 47.9 Å². The number of anilines is 1. The second kappa shape index (κ2) is 10.9. The first-order valence-electron chi connectivity index (χ1n) is 9.29. The van der Waals surface area contributed by atoms with Crippen LogP contribution < -0.4 is 20.7 Å². The van der Waals surface area contributed by atoms with Crippen molar-refractivity contribution in [1.82, 2.24) is 10.6 Å². The molecule has 6 nitrogen and oxygen atoms in total. The molecule has 0 bridgehead atoms. The Kier molecular flexibility index (Phi) is 8.60. The monoisotopic (exact) mass is 477 g/mol. The third-order valence-corrected chi connectivity index (χ3v) is 4.78. The van der Waals surface area contributed by atoms with Crippen molar-refractivity contribution in [2.45, 2.75) is 33.2 Å². The van der Waals surface area contributed by atoms with Gasteiger partial charge in [0.25, 0.3) is 11.8 Å². The number of benzene rings is 2. The van der Waals surface area contributed by atoms with Gasteiger partial charge >= 0.3 is 0 Å². The second-order valence-corrected chi connectivity index (χ2v) is 7.67. The smallest absolute Gasteiger partial charge is 0.261 e. The van der Waals surface area contributed by atoms with E-state index in [1.807, 2.05) is 20.8 Å².